The molecular formula is C16H14ClNO3. The lowest BCUT2D eigenvalue weighted by Gasteiger charge is -2.36. The van der Waals surface area contributed by atoms with Crippen LogP contribution in [-0.4, -0.2) is 27.8 Å². The SMILES string of the molecule is O=C(O)N1CCc2ccccc2C1c1cc(Cl)ccc1O. The second-order valence-electron chi connectivity index (χ2n) is 5.03. The molecule has 2 aromatic rings. The van der Waals surface area contributed by atoms with Crippen molar-refractivity contribution in [1.29, 1.82) is 0 Å². The van der Waals surface area contributed by atoms with Gasteiger partial charge in [0.05, 0.1) is 6.04 Å². The molecule has 4 nitrogen and oxygen atoms in total. The third-order valence-electron chi connectivity index (χ3n) is 3.81. The van der Waals surface area contributed by atoms with Gasteiger partial charge in [0.25, 0.3) is 0 Å². The summed E-state index contributed by atoms with van der Waals surface area (Å²) in [5.74, 6) is 0.0485. The number of amides is 1. The van der Waals surface area contributed by atoms with Crippen molar-refractivity contribution in [2.24, 2.45) is 0 Å². The van der Waals surface area contributed by atoms with Crippen molar-refractivity contribution in [2.75, 3.05) is 6.54 Å². The number of phenols is 1. The van der Waals surface area contributed by atoms with Gasteiger partial charge >= 0.3 is 6.09 Å². The predicted octanol–water partition coefficient (Wildman–Crippen LogP) is 3.67. The maximum atomic E-state index is 11.6. The summed E-state index contributed by atoms with van der Waals surface area (Å²) in [5, 5.41) is 20.1. The van der Waals surface area contributed by atoms with Gasteiger partial charge in [-0.1, -0.05) is 35.9 Å². The minimum Gasteiger partial charge on any atom is -0.508 e. The second kappa shape index (κ2) is 5.30. The number of nitrogens with zero attached hydrogens (tertiary/aromatic N) is 1. The summed E-state index contributed by atoms with van der Waals surface area (Å²) in [5.41, 5.74) is 2.50. The van der Waals surface area contributed by atoms with E-state index in [1.807, 2.05) is 24.3 Å². The van der Waals surface area contributed by atoms with E-state index in [2.05, 4.69) is 0 Å². The third-order valence-corrected chi connectivity index (χ3v) is 4.05. The first-order valence-electron chi connectivity index (χ1n) is 6.63. The van der Waals surface area contributed by atoms with Gasteiger partial charge in [-0.25, -0.2) is 4.79 Å². The summed E-state index contributed by atoms with van der Waals surface area (Å²) in [6, 6.07) is 11.9. The van der Waals surface area contributed by atoms with Gasteiger partial charge in [-0.2, -0.15) is 0 Å². The van der Waals surface area contributed by atoms with Crippen LogP contribution in [-0.2, 0) is 6.42 Å². The first-order chi connectivity index (χ1) is 10.1. The van der Waals surface area contributed by atoms with E-state index in [1.54, 1.807) is 12.1 Å². The summed E-state index contributed by atoms with van der Waals surface area (Å²) in [6.45, 7) is 0.392. The molecule has 1 aliphatic heterocycles. The largest absolute Gasteiger partial charge is 0.508 e. The van der Waals surface area contributed by atoms with Gasteiger partial charge in [-0.3, -0.25) is 4.90 Å². The van der Waals surface area contributed by atoms with Crippen LogP contribution in [0, 0.1) is 0 Å². The zero-order valence-corrected chi connectivity index (χ0v) is 11.9. The molecule has 1 heterocycles. The fourth-order valence-electron chi connectivity index (χ4n) is 2.85. The Morgan fingerprint density at radius 2 is 1.95 bits per heavy atom. The van der Waals surface area contributed by atoms with Crippen LogP contribution in [0.5, 0.6) is 5.75 Å². The zero-order chi connectivity index (χ0) is 15.0. The molecule has 1 unspecified atom stereocenters. The molecule has 3 rings (SSSR count). The van der Waals surface area contributed by atoms with Gasteiger partial charge in [0.1, 0.15) is 5.75 Å². The molecule has 0 aromatic heterocycles. The first-order valence-corrected chi connectivity index (χ1v) is 7.01. The number of fused-ring (bicyclic) bond motifs is 1. The summed E-state index contributed by atoms with van der Waals surface area (Å²) < 4.78 is 0. The monoisotopic (exact) mass is 303 g/mol. The molecule has 0 radical (unpaired) electrons. The Hall–Kier alpha value is -2.20. The Kier molecular flexibility index (Phi) is 3.47. The highest BCUT2D eigenvalue weighted by molar-refractivity contribution is 6.30. The highest BCUT2D eigenvalue weighted by Gasteiger charge is 2.33. The maximum Gasteiger partial charge on any atom is 0.408 e. The molecule has 1 atom stereocenters. The molecule has 0 saturated carbocycles. The number of benzene rings is 2. The standard InChI is InChI=1S/C16H14ClNO3/c17-11-5-6-14(19)13(9-11)15-12-4-2-1-3-10(12)7-8-18(15)16(20)21/h1-6,9,15,19H,7-8H2,(H,20,21). The minimum atomic E-state index is -1.01. The third kappa shape index (κ3) is 2.43. The van der Waals surface area contributed by atoms with E-state index in [-0.39, 0.29) is 5.75 Å². The van der Waals surface area contributed by atoms with Crippen molar-refractivity contribution >= 4 is 17.7 Å². The lowest BCUT2D eigenvalue weighted by molar-refractivity contribution is 0.128. The van der Waals surface area contributed by atoms with Crippen LogP contribution >= 0.6 is 11.6 Å². The smallest absolute Gasteiger partial charge is 0.408 e. The van der Waals surface area contributed by atoms with E-state index < -0.39 is 12.1 Å². The van der Waals surface area contributed by atoms with Gasteiger partial charge in [-0.15, -0.1) is 0 Å². The van der Waals surface area contributed by atoms with Crippen LogP contribution in [0.15, 0.2) is 42.5 Å². The van der Waals surface area contributed by atoms with Crippen LogP contribution < -0.4 is 0 Å². The minimum absolute atomic E-state index is 0.0485. The fourth-order valence-corrected chi connectivity index (χ4v) is 3.03. The number of hydrogen-bond donors (Lipinski definition) is 2. The molecule has 2 aromatic carbocycles. The number of carboxylic acid groups (broad SMARTS) is 1. The average molecular weight is 304 g/mol. The van der Waals surface area contributed by atoms with Gasteiger partial charge in [-0.05, 0) is 35.7 Å². The lowest BCUT2D eigenvalue weighted by atomic mass is 9.88. The van der Waals surface area contributed by atoms with Crippen molar-refractivity contribution in [3.8, 4) is 5.75 Å². The zero-order valence-electron chi connectivity index (χ0n) is 11.2. The Morgan fingerprint density at radius 1 is 1.19 bits per heavy atom. The van der Waals surface area contributed by atoms with E-state index in [4.69, 9.17) is 11.6 Å². The molecule has 108 valence electrons. The van der Waals surface area contributed by atoms with Gasteiger partial charge in [0.15, 0.2) is 0 Å². The van der Waals surface area contributed by atoms with Crippen molar-refractivity contribution < 1.29 is 15.0 Å². The van der Waals surface area contributed by atoms with Gasteiger partial charge in [0, 0.05) is 17.1 Å². The Morgan fingerprint density at radius 3 is 2.71 bits per heavy atom. The number of phenolic OH excluding ortho intramolecular Hbond substituents is 1. The molecule has 1 amide bonds. The number of carbonyl (C=O) groups is 1. The topological polar surface area (TPSA) is 60.8 Å². The first kappa shape index (κ1) is 13.8. The molecule has 2 N–H and O–H groups in total. The Labute approximate surface area is 127 Å². The molecule has 0 saturated heterocycles. The van der Waals surface area contributed by atoms with Crippen LogP contribution in [0.2, 0.25) is 5.02 Å². The van der Waals surface area contributed by atoms with E-state index >= 15 is 0 Å². The summed E-state index contributed by atoms with van der Waals surface area (Å²) in [7, 11) is 0. The summed E-state index contributed by atoms with van der Waals surface area (Å²) in [4.78, 5) is 12.9. The van der Waals surface area contributed by atoms with Crippen LogP contribution in [0.25, 0.3) is 0 Å². The van der Waals surface area contributed by atoms with Crippen molar-refractivity contribution in [2.45, 2.75) is 12.5 Å². The van der Waals surface area contributed by atoms with E-state index in [9.17, 15) is 15.0 Å². The fraction of sp³-hybridized carbons (Fsp3) is 0.188. The second-order valence-corrected chi connectivity index (χ2v) is 5.47. The molecule has 0 aliphatic carbocycles. The van der Waals surface area contributed by atoms with E-state index in [0.29, 0.717) is 23.6 Å². The normalized spacial score (nSPS) is 17.4. The van der Waals surface area contributed by atoms with Gasteiger partial charge < -0.3 is 10.2 Å². The number of hydrogen-bond acceptors (Lipinski definition) is 2. The number of halogens is 1. The highest BCUT2D eigenvalue weighted by Crippen LogP contribution is 2.39. The van der Waals surface area contributed by atoms with Crippen molar-refractivity contribution in [3.05, 3.63) is 64.2 Å². The highest BCUT2D eigenvalue weighted by atomic mass is 35.5. The summed E-state index contributed by atoms with van der Waals surface area (Å²) >= 11 is 6.01. The predicted molar refractivity (Wildman–Crippen MR) is 79.8 cm³/mol. The molecule has 0 spiro atoms. The number of rotatable bonds is 1. The van der Waals surface area contributed by atoms with Crippen LogP contribution in [0.3, 0.4) is 0 Å². The average Bonchev–Trinajstić information content (AvgIpc) is 2.48. The lowest BCUT2D eigenvalue weighted by Crippen LogP contribution is -2.39. The molecule has 5 heteroatoms. The molecule has 0 fully saturated rings. The molecular weight excluding hydrogens is 290 g/mol. The van der Waals surface area contributed by atoms with E-state index in [1.165, 1.54) is 11.0 Å². The van der Waals surface area contributed by atoms with Crippen LogP contribution in [0.4, 0.5) is 4.79 Å². The summed E-state index contributed by atoms with van der Waals surface area (Å²) in [6.07, 6.45) is -0.339. The molecule has 21 heavy (non-hydrogen) atoms. The Bertz CT molecular complexity index is 702. The van der Waals surface area contributed by atoms with E-state index in [0.717, 1.165) is 11.1 Å². The maximum absolute atomic E-state index is 11.6. The quantitative estimate of drug-likeness (QED) is 0.845. The number of aromatic hydroxyl groups is 1. The molecule has 1 aliphatic rings. The molecule has 0 bridgehead atoms. The van der Waals surface area contributed by atoms with Crippen molar-refractivity contribution in [3.63, 3.8) is 0 Å². The van der Waals surface area contributed by atoms with Crippen molar-refractivity contribution in [1.82, 2.24) is 4.90 Å². The Balaban J connectivity index is 2.19. The van der Waals surface area contributed by atoms with Crippen LogP contribution in [0.1, 0.15) is 22.7 Å². The van der Waals surface area contributed by atoms with Gasteiger partial charge in [0.2, 0.25) is 0 Å².